The summed E-state index contributed by atoms with van der Waals surface area (Å²) in [5.74, 6) is 0.374. The lowest BCUT2D eigenvalue weighted by Crippen LogP contribution is -2.22. The van der Waals surface area contributed by atoms with Gasteiger partial charge >= 0.3 is 6.18 Å². The van der Waals surface area contributed by atoms with Crippen LogP contribution in [0.25, 0.3) is 10.9 Å². The number of hydrogen-bond acceptors (Lipinski definition) is 3. The average Bonchev–Trinajstić information content (AvgIpc) is 3.21. The molecule has 0 saturated heterocycles. The van der Waals surface area contributed by atoms with E-state index < -0.39 is 11.7 Å². The van der Waals surface area contributed by atoms with Gasteiger partial charge in [0.2, 0.25) is 0 Å². The molecule has 0 spiro atoms. The van der Waals surface area contributed by atoms with Gasteiger partial charge < -0.3 is 10.3 Å². The number of aromatic amines is 1. The van der Waals surface area contributed by atoms with Crippen LogP contribution in [0.5, 0.6) is 0 Å². The van der Waals surface area contributed by atoms with E-state index >= 15 is 0 Å². The number of benzene rings is 2. The van der Waals surface area contributed by atoms with E-state index in [9.17, 15) is 18.0 Å². The van der Waals surface area contributed by atoms with Crippen LogP contribution in [0.4, 0.5) is 13.2 Å². The van der Waals surface area contributed by atoms with Crippen molar-refractivity contribution in [2.75, 3.05) is 0 Å². The summed E-state index contributed by atoms with van der Waals surface area (Å²) in [6.07, 6.45) is 0.680. The monoisotopic (exact) mass is 441 g/mol. The van der Waals surface area contributed by atoms with Crippen molar-refractivity contribution in [1.29, 1.82) is 0 Å². The Labute approximate surface area is 180 Å². The first-order valence-corrected chi connectivity index (χ1v) is 10.5. The van der Waals surface area contributed by atoms with Crippen molar-refractivity contribution in [1.82, 2.24) is 15.3 Å². The van der Waals surface area contributed by atoms with E-state index in [1.807, 2.05) is 30.3 Å². The summed E-state index contributed by atoms with van der Waals surface area (Å²) in [6, 6.07) is 14.6. The van der Waals surface area contributed by atoms with Gasteiger partial charge in [-0.2, -0.15) is 13.2 Å². The molecule has 0 bridgehead atoms. The van der Waals surface area contributed by atoms with Crippen molar-refractivity contribution in [3.8, 4) is 0 Å². The maximum absolute atomic E-state index is 12.9. The highest BCUT2D eigenvalue weighted by Crippen LogP contribution is 2.33. The van der Waals surface area contributed by atoms with E-state index in [4.69, 9.17) is 0 Å². The van der Waals surface area contributed by atoms with Crippen LogP contribution in [-0.2, 0) is 18.5 Å². The molecule has 4 nitrogen and oxygen atoms in total. The van der Waals surface area contributed by atoms with Crippen LogP contribution < -0.4 is 5.32 Å². The third-order valence-electron chi connectivity index (χ3n) is 4.76. The van der Waals surface area contributed by atoms with Crippen LogP contribution >= 0.6 is 11.8 Å². The van der Waals surface area contributed by atoms with Crippen LogP contribution in [-0.4, -0.2) is 15.9 Å². The Hall–Kier alpha value is -3.26. The molecule has 2 aromatic carbocycles. The average molecular weight is 441 g/mol. The fraction of sp³-hybridized carbons (Fsp3) is 0.130. The van der Waals surface area contributed by atoms with E-state index in [2.05, 4.69) is 15.3 Å². The van der Waals surface area contributed by atoms with Crippen molar-refractivity contribution in [3.05, 3.63) is 95.4 Å². The SMILES string of the molecule is O=C(NCc1cccc(C(F)(F)F)c1)c1c[nH]c2cccc(SCc3ccncc3)c12. The Kier molecular flexibility index (Phi) is 5.99. The summed E-state index contributed by atoms with van der Waals surface area (Å²) in [4.78, 5) is 20.9. The van der Waals surface area contributed by atoms with E-state index in [1.54, 1.807) is 36.4 Å². The van der Waals surface area contributed by atoms with Gasteiger partial charge in [0.25, 0.3) is 5.91 Å². The minimum Gasteiger partial charge on any atom is -0.360 e. The normalized spacial score (nSPS) is 11.6. The molecule has 0 atom stereocenters. The highest BCUT2D eigenvalue weighted by atomic mass is 32.2. The van der Waals surface area contributed by atoms with Gasteiger partial charge in [0.15, 0.2) is 0 Å². The molecule has 158 valence electrons. The number of fused-ring (bicyclic) bond motifs is 1. The number of rotatable bonds is 6. The van der Waals surface area contributed by atoms with Crippen molar-refractivity contribution in [3.63, 3.8) is 0 Å². The number of carbonyl (C=O) groups is 1. The summed E-state index contributed by atoms with van der Waals surface area (Å²) < 4.78 is 38.7. The standard InChI is InChI=1S/C23H18F3N3OS/c24-23(25,26)17-4-1-3-16(11-17)12-29-22(30)18-13-28-19-5-2-6-20(21(18)19)31-14-15-7-9-27-10-8-15/h1-11,13,28H,12,14H2,(H,29,30). The Balaban J connectivity index is 1.52. The van der Waals surface area contributed by atoms with Crippen LogP contribution in [0.2, 0.25) is 0 Å². The molecule has 2 N–H and O–H groups in total. The molecule has 0 unspecified atom stereocenters. The number of H-pyrrole nitrogens is 1. The minimum atomic E-state index is -4.42. The zero-order valence-corrected chi connectivity index (χ0v) is 17.1. The van der Waals surface area contributed by atoms with Crippen LogP contribution in [0, 0.1) is 0 Å². The van der Waals surface area contributed by atoms with E-state index in [-0.39, 0.29) is 12.5 Å². The molecule has 0 aliphatic carbocycles. The summed E-state index contributed by atoms with van der Waals surface area (Å²) in [6.45, 7) is 0.00174. The Morgan fingerprint density at radius 1 is 1.03 bits per heavy atom. The lowest BCUT2D eigenvalue weighted by Gasteiger charge is -2.10. The van der Waals surface area contributed by atoms with E-state index in [0.29, 0.717) is 11.1 Å². The fourth-order valence-electron chi connectivity index (χ4n) is 3.23. The highest BCUT2D eigenvalue weighted by molar-refractivity contribution is 7.98. The van der Waals surface area contributed by atoms with Crippen LogP contribution in [0.1, 0.15) is 27.0 Å². The van der Waals surface area contributed by atoms with Gasteiger partial charge in [-0.3, -0.25) is 9.78 Å². The van der Waals surface area contributed by atoms with Crippen molar-refractivity contribution < 1.29 is 18.0 Å². The molecule has 0 aliphatic rings. The van der Waals surface area contributed by atoms with Crippen LogP contribution in [0.15, 0.2) is 78.1 Å². The predicted octanol–water partition coefficient (Wildman–Crippen LogP) is 5.80. The molecule has 0 saturated carbocycles. The highest BCUT2D eigenvalue weighted by Gasteiger charge is 2.30. The number of alkyl halides is 3. The van der Waals surface area contributed by atoms with Gasteiger partial charge in [-0.05, 0) is 47.5 Å². The number of aromatic nitrogens is 2. The first-order chi connectivity index (χ1) is 14.9. The molecule has 0 radical (unpaired) electrons. The summed E-state index contributed by atoms with van der Waals surface area (Å²) in [7, 11) is 0. The first-order valence-electron chi connectivity index (χ1n) is 9.48. The van der Waals surface area contributed by atoms with E-state index in [0.717, 1.165) is 39.2 Å². The maximum Gasteiger partial charge on any atom is 0.416 e. The summed E-state index contributed by atoms with van der Waals surface area (Å²) in [5.41, 5.74) is 2.04. The molecule has 4 rings (SSSR count). The Morgan fingerprint density at radius 2 is 1.81 bits per heavy atom. The number of carbonyl (C=O) groups excluding carboxylic acids is 1. The number of hydrogen-bond donors (Lipinski definition) is 2. The molecular formula is C23H18F3N3OS. The smallest absolute Gasteiger partial charge is 0.360 e. The maximum atomic E-state index is 12.9. The van der Waals surface area contributed by atoms with Crippen molar-refractivity contribution in [2.24, 2.45) is 0 Å². The molecule has 2 aromatic heterocycles. The summed E-state index contributed by atoms with van der Waals surface area (Å²) in [5, 5.41) is 3.52. The number of nitrogens with one attached hydrogen (secondary N) is 2. The molecule has 2 heterocycles. The molecule has 4 aromatic rings. The fourth-order valence-corrected chi connectivity index (χ4v) is 4.28. The van der Waals surface area contributed by atoms with Gasteiger partial charge in [-0.25, -0.2) is 0 Å². The Bertz CT molecular complexity index is 1210. The zero-order valence-electron chi connectivity index (χ0n) is 16.2. The zero-order chi connectivity index (χ0) is 21.8. The lowest BCUT2D eigenvalue weighted by molar-refractivity contribution is -0.137. The minimum absolute atomic E-state index is 0.00174. The molecule has 0 fully saturated rings. The van der Waals surface area contributed by atoms with Gasteiger partial charge in [-0.1, -0.05) is 18.2 Å². The molecule has 1 amide bonds. The lowest BCUT2D eigenvalue weighted by atomic mass is 10.1. The second-order valence-corrected chi connectivity index (χ2v) is 7.92. The second kappa shape index (κ2) is 8.85. The summed E-state index contributed by atoms with van der Waals surface area (Å²) >= 11 is 1.61. The van der Waals surface area contributed by atoms with Gasteiger partial charge in [0, 0.05) is 46.7 Å². The number of thioether (sulfide) groups is 1. The number of halogens is 3. The van der Waals surface area contributed by atoms with Crippen LogP contribution in [0.3, 0.4) is 0 Å². The van der Waals surface area contributed by atoms with Crippen molar-refractivity contribution in [2.45, 2.75) is 23.4 Å². The molecular weight excluding hydrogens is 423 g/mol. The molecule has 8 heteroatoms. The third kappa shape index (κ3) is 4.91. The quantitative estimate of drug-likeness (QED) is 0.372. The Morgan fingerprint density at radius 3 is 2.58 bits per heavy atom. The van der Waals surface area contributed by atoms with E-state index in [1.165, 1.54) is 6.07 Å². The van der Waals surface area contributed by atoms with Crippen molar-refractivity contribution >= 4 is 28.6 Å². The number of pyridine rings is 1. The van der Waals surface area contributed by atoms with Gasteiger partial charge in [0.05, 0.1) is 11.1 Å². The molecule has 0 aliphatic heterocycles. The molecule has 31 heavy (non-hydrogen) atoms. The van der Waals surface area contributed by atoms with Gasteiger partial charge in [-0.15, -0.1) is 11.8 Å². The topological polar surface area (TPSA) is 57.8 Å². The largest absolute Gasteiger partial charge is 0.416 e. The second-order valence-electron chi connectivity index (χ2n) is 6.91. The number of amides is 1. The number of nitrogens with zero attached hydrogens (tertiary/aromatic N) is 1. The first kappa shape index (κ1) is 21.0. The third-order valence-corrected chi connectivity index (χ3v) is 5.89. The van der Waals surface area contributed by atoms with Gasteiger partial charge in [0.1, 0.15) is 0 Å². The predicted molar refractivity (Wildman–Crippen MR) is 115 cm³/mol.